The van der Waals surface area contributed by atoms with E-state index in [4.69, 9.17) is 5.11 Å². The van der Waals surface area contributed by atoms with Gasteiger partial charge in [-0.15, -0.1) is 0 Å². The highest BCUT2D eigenvalue weighted by Gasteiger charge is 2.19. The van der Waals surface area contributed by atoms with Crippen molar-refractivity contribution in [1.82, 2.24) is 0 Å². The molecule has 0 fully saturated rings. The van der Waals surface area contributed by atoms with E-state index in [0.717, 1.165) is 33.4 Å². The third kappa shape index (κ3) is 15.7. The summed E-state index contributed by atoms with van der Waals surface area (Å²) in [5.74, 6) is -2.91. The van der Waals surface area contributed by atoms with Crippen LogP contribution in [-0.2, 0) is 45.7 Å². The van der Waals surface area contributed by atoms with E-state index in [9.17, 15) is 46.2 Å². The molecular formula is C59H54N2O11S2. The topological polar surface area (TPSA) is 221 Å². The van der Waals surface area contributed by atoms with Gasteiger partial charge in [-0.1, -0.05) is 146 Å². The Hall–Kier alpha value is -8.66. The lowest BCUT2D eigenvalue weighted by Gasteiger charge is -2.13. The molecule has 0 spiro atoms. The zero-order valence-corrected chi connectivity index (χ0v) is 41.9. The van der Waals surface area contributed by atoms with Gasteiger partial charge in [0.2, 0.25) is 0 Å². The van der Waals surface area contributed by atoms with E-state index in [1.807, 2.05) is 66.7 Å². The predicted molar refractivity (Wildman–Crippen MR) is 287 cm³/mol. The summed E-state index contributed by atoms with van der Waals surface area (Å²) in [6, 6.07) is 58.9. The van der Waals surface area contributed by atoms with Crippen LogP contribution in [0.1, 0.15) is 83.5 Å². The maximum atomic E-state index is 13.0. The summed E-state index contributed by atoms with van der Waals surface area (Å²) in [6.45, 7) is 1.42. The predicted octanol–water partition coefficient (Wildman–Crippen LogP) is 12.0. The van der Waals surface area contributed by atoms with Crippen molar-refractivity contribution in [2.24, 2.45) is 0 Å². The van der Waals surface area contributed by atoms with Crippen molar-refractivity contribution in [2.45, 2.75) is 55.2 Å². The second kappa shape index (κ2) is 26.2. The molecule has 8 rings (SSSR count). The lowest BCUT2D eigenvalue weighted by molar-refractivity contribution is 0.0684. The minimum atomic E-state index is -3.81. The molecule has 0 aliphatic carbocycles. The molecule has 13 nitrogen and oxygen atoms in total. The molecule has 0 aliphatic heterocycles. The van der Waals surface area contributed by atoms with Gasteiger partial charge in [-0.3, -0.25) is 14.2 Å². The van der Waals surface area contributed by atoms with Gasteiger partial charge < -0.3 is 15.3 Å². The fourth-order valence-corrected chi connectivity index (χ4v) is 10.0. The SMILES string of the molecule is CC(=O)c1ccc(S(=O)(=O)Nc2ccccc2CCCc2ccccc2C(=O)O)cc1.O=C(O)c1ccccc1.O=C(O)c1ccccc1CCCc1ccccc1NS(=O)(=O)c1ccc(-c2ccccc2)cc1. The van der Waals surface area contributed by atoms with Crippen LogP contribution in [0, 0.1) is 0 Å². The summed E-state index contributed by atoms with van der Waals surface area (Å²) < 4.78 is 57.0. The Morgan fingerprint density at radius 1 is 0.365 bits per heavy atom. The molecule has 0 radical (unpaired) electrons. The Kier molecular flexibility index (Phi) is 19.3. The lowest BCUT2D eigenvalue weighted by Crippen LogP contribution is -2.14. The van der Waals surface area contributed by atoms with E-state index in [0.29, 0.717) is 66.6 Å². The molecule has 0 aliphatic rings. The van der Waals surface area contributed by atoms with Crippen molar-refractivity contribution in [2.75, 3.05) is 9.44 Å². The Morgan fingerprint density at radius 3 is 1.09 bits per heavy atom. The van der Waals surface area contributed by atoms with Gasteiger partial charge in [0.1, 0.15) is 0 Å². The third-order valence-corrected chi connectivity index (χ3v) is 14.4. The Labute approximate surface area is 431 Å². The molecular weight excluding hydrogens is 977 g/mol. The van der Waals surface area contributed by atoms with Crippen LogP contribution >= 0.6 is 0 Å². The maximum absolute atomic E-state index is 13.0. The standard InChI is InChI=1S/C28H25NO4S.C24H23NO5S.C7H6O2/c30-28(31)26-15-6-4-11-23(26)13-8-14-24-12-5-7-16-27(24)29-34(32,33)25-19-17-22(18-20-25)21-9-2-1-3-10-21;1-17(26)18-13-15-21(16-14-18)31(29,30)25-23-12-5-3-8-20(23)10-6-9-19-7-2-4-11-22(19)24(27)28;8-7(9)6-4-2-1-3-5-6/h1-7,9-12,15-20,29H,8,13-14H2,(H,30,31);2-5,7-8,11-16,25H,6,9-10H2,1H3,(H,27,28);1-5H,(H,8,9). The number of carboxylic acid groups (broad SMARTS) is 3. The molecule has 0 aromatic heterocycles. The minimum absolute atomic E-state index is 0.0719. The van der Waals surface area contributed by atoms with Gasteiger partial charge in [-0.05, 0) is 139 Å². The summed E-state index contributed by atoms with van der Waals surface area (Å²) in [6.07, 6.45) is 3.70. The number of hydrogen-bond acceptors (Lipinski definition) is 8. The van der Waals surface area contributed by atoms with E-state index in [-0.39, 0.29) is 21.1 Å². The van der Waals surface area contributed by atoms with Gasteiger partial charge in [0.25, 0.3) is 20.0 Å². The minimum Gasteiger partial charge on any atom is -0.478 e. The quantitative estimate of drug-likeness (QED) is 0.0479. The molecule has 8 aromatic carbocycles. The number of aromatic carboxylic acids is 3. The Morgan fingerprint density at radius 2 is 0.703 bits per heavy atom. The van der Waals surface area contributed by atoms with Gasteiger partial charge in [-0.25, -0.2) is 31.2 Å². The van der Waals surface area contributed by atoms with Gasteiger partial charge in [0.05, 0.1) is 37.9 Å². The first-order chi connectivity index (χ1) is 35.5. The number of Topliss-reactive ketones (excluding diaryl/α,β-unsaturated/α-hetero) is 1. The molecule has 0 saturated heterocycles. The highest BCUT2D eigenvalue weighted by Crippen LogP contribution is 2.26. The van der Waals surface area contributed by atoms with E-state index in [2.05, 4.69) is 9.44 Å². The smallest absolute Gasteiger partial charge is 0.335 e. The van der Waals surface area contributed by atoms with E-state index in [1.165, 1.54) is 31.2 Å². The van der Waals surface area contributed by atoms with Crippen LogP contribution in [0.2, 0.25) is 0 Å². The van der Waals surface area contributed by atoms with Gasteiger partial charge in [0.15, 0.2) is 5.78 Å². The molecule has 0 amide bonds. The fourth-order valence-electron chi connectivity index (χ4n) is 7.82. The van der Waals surface area contributed by atoms with Crippen LogP contribution in [0.15, 0.2) is 216 Å². The van der Waals surface area contributed by atoms with E-state index in [1.54, 1.807) is 115 Å². The summed E-state index contributed by atoms with van der Waals surface area (Å²) in [5.41, 5.74) is 7.53. The lowest BCUT2D eigenvalue weighted by atomic mass is 9.99. The van der Waals surface area contributed by atoms with E-state index < -0.39 is 38.0 Å². The Balaban J connectivity index is 0.000000207. The summed E-state index contributed by atoms with van der Waals surface area (Å²) in [5, 5.41) is 27.1. The number of carbonyl (C=O) groups is 4. The average molecular weight is 1030 g/mol. The maximum Gasteiger partial charge on any atom is 0.335 e. The number of nitrogens with one attached hydrogen (secondary N) is 2. The van der Waals surface area contributed by atoms with Crippen molar-refractivity contribution in [3.63, 3.8) is 0 Å². The van der Waals surface area contributed by atoms with Crippen LogP contribution in [0.25, 0.3) is 11.1 Å². The van der Waals surface area contributed by atoms with Gasteiger partial charge in [-0.2, -0.15) is 0 Å². The van der Waals surface area contributed by atoms with Crippen LogP contribution < -0.4 is 9.44 Å². The molecule has 0 atom stereocenters. The van der Waals surface area contributed by atoms with Gasteiger partial charge in [0, 0.05) is 5.56 Å². The zero-order valence-electron chi connectivity index (χ0n) is 40.3. The molecule has 0 bridgehead atoms. The van der Waals surface area contributed by atoms with Crippen molar-refractivity contribution in [3.05, 3.63) is 251 Å². The van der Waals surface area contributed by atoms with E-state index >= 15 is 0 Å². The number of rotatable bonds is 19. The number of hydrogen-bond donors (Lipinski definition) is 5. The number of sulfonamides is 2. The van der Waals surface area contributed by atoms with Crippen LogP contribution in [0.4, 0.5) is 11.4 Å². The fraction of sp³-hybridized carbons (Fsp3) is 0.119. The number of carbonyl (C=O) groups excluding carboxylic acids is 1. The van der Waals surface area contributed by atoms with Crippen LogP contribution in [-0.4, -0.2) is 55.8 Å². The highest BCUT2D eigenvalue weighted by molar-refractivity contribution is 7.93. The molecule has 74 heavy (non-hydrogen) atoms. The molecule has 0 heterocycles. The number of para-hydroxylation sites is 2. The van der Waals surface area contributed by atoms with Crippen molar-refractivity contribution in [1.29, 1.82) is 0 Å². The molecule has 378 valence electrons. The highest BCUT2D eigenvalue weighted by atomic mass is 32.2. The van der Waals surface area contributed by atoms with Crippen LogP contribution in [0.3, 0.4) is 0 Å². The van der Waals surface area contributed by atoms with Gasteiger partial charge >= 0.3 is 17.9 Å². The first-order valence-corrected chi connectivity index (χ1v) is 26.4. The average Bonchev–Trinajstić information content (AvgIpc) is 3.40. The second-order valence-electron chi connectivity index (χ2n) is 16.8. The molecule has 0 unspecified atom stereocenters. The van der Waals surface area contributed by atoms with Crippen molar-refractivity contribution >= 4 is 55.1 Å². The first-order valence-electron chi connectivity index (χ1n) is 23.4. The molecule has 15 heteroatoms. The monoisotopic (exact) mass is 1030 g/mol. The van der Waals surface area contributed by atoms with Crippen molar-refractivity contribution < 1.29 is 51.3 Å². The Bertz CT molecular complexity index is 3420. The second-order valence-corrected chi connectivity index (χ2v) is 20.2. The van der Waals surface area contributed by atoms with Crippen molar-refractivity contribution in [3.8, 4) is 11.1 Å². The number of carboxylic acids is 3. The zero-order chi connectivity index (χ0) is 53.1. The normalized spacial score (nSPS) is 10.9. The van der Waals surface area contributed by atoms with Crippen LogP contribution in [0.5, 0.6) is 0 Å². The number of anilines is 2. The summed E-state index contributed by atoms with van der Waals surface area (Å²) in [7, 11) is -7.57. The number of ketones is 1. The number of aryl methyl sites for hydroxylation is 4. The third-order valence-electron chi connectivity index (χ3n) is 11.7. The number of benzene rings is 8. The molecule has 0 saturated carbocycles. The molecule has 5 N–H and O–H groups in total. The first kappa shape index (κ1) is 54.7. The summed E-state index contributed by atoms with van der Waals surface area (Å²) >= 11 is 0. The largest absolute Gasteiger partial charge is 0.478 e. The summed E-state index contributed by atoms with van der Waals surface area (Å²) in [4.78, 5) is 44.7. The molecule has 8 aromatic rings.